The predicted molar refractivity (Wildman–Crippen MR) is 169 cm³/mol. The van der Waals surface area contributed by atoms with Gasteiger partial charge in [0.05, 0.1) is 28.4 Å². The van der Waals surface area contributed by atoms with Gasteiger partial charge in [-0.2, -0.15) is 5.10 Å². The van der Waals surface area contributed by atoms with Crippen LogP contribution in [0.5, 0.6) is 5.75 Å². The van der Waals surface area contributed by atoms with Crippen molar-refractivity contribution < 1.29 is 14.2 Å². The third kappa shape index (κ3) is 6.55. The molecular weight excluding hydrogens is 589 g/mol. The fourth-order valence-electron chi connectivity index (χ4n) is 5.33. The SMILES string of the molecule is CCC(C)n1ncn(-c2ccc(N3CCN(c4ccc(OC[C@@H]5CO[C@@H](c6ccc(Cl)c(Cl)c6)O5)cc4)CC3)cc2)c1=O. The average molecular weight is 625 g/mol. The smallest absolute Gasteiger partial charge is 0.350 e. The monoisotopic (exact) mass is 623 g/mol. The molecule has 0 spiro atoms. The van der Waals surface area contributed by atoms with Gasteiger partial charge in [-0.25, -0.2) is 14.0 Å². The Labute approximate surface area is 261 Å². The lowest BCUT2D eigenvalue weighted by Gasteiger charge is -2.37. The third-order valence-corrected chi connectivity index (χ3v) is 8.82. The van der Waals surface area contributed by atoms with Gasteiger partial charge in [0.2, 0.25) is 0 Å². The van der Waals surface area contributed by atoms with Crippen LogP contribution in [-0.4, -0.2) is 59.8 Å². The summed E-state index contributed by atoms with van der Waals surface area (Å²) in [7, 11) is 0. The molecular formula is C32H35Cl2N5O4. The average Bonchev–Trinajstić information content (AvgIpc) is 3.68. The van der Waals surface area contributed by atoms with Gasteiger partial charge in [0.25, 0.3) is 0 Å². The molecule has 0 amide bonds. The summed E-state index contributed by atoms with van der Waals surface area (Å²) in [6.07, 6.45) is 1.80. The summed E-state index contributed by atoms with van der Waals surface area (Å²) < 4.78 is 20.9. The molecule has 226 valence electrons. The summed E-state index contributed by atoms with van der Waals surface area (Å²) in [5.74, 6) is 0.790. The number of nitrogens with zero attached hydrogens (tertiary/aromatic N) is 5. The number of rotatable bonds is 9. The van der Waals surface area contributed by atoms with Crippen LogP contribution in [0.3, 0.4) is 0 Å². The Hall–Kier alpha value is -3.50. The molecule has 2 fully saturated rings. The Bertz CT molecular complexity index is 1580. The molecule has 2 aliphatic heterocycles. The summed E-state index contributed by atoms with van der Waals surface area (Å²) in [5, 5.41) is 5.26. The molecule has 3 atom stereocenters. The Morgan fingerprint density at radius 3 is 2.16 bits per heavy atom. The molecule has 1 aromatic heterocycles. The second-order valence-corrected chi connectivity index (χ2v) is 11.7. The van der Waals surface area contributed by atoms with E-state index in [1.165, 1.54) is 5.69 Å². The van der Waals surface area contributed by atoms with E-state index in [-0.39, 0.29) is 17.8 Å². The molecule has 1 unspecified atom stereocenters. The number of anilines is 2. The van der Waals surface area contributed by atoms with Crippen molar-refractivity contribution in [1.82, 2.24) is 14.3 Å². The molecule has 9 nitrogen and oxygen atoms in total. The third-order valence-electron chi connectivity index (χ3n) is 8.08. The molecule has 6 rings (SSSR count). The summed E-state index contributed by atoms with van der Waals surface area (Å²) in [6.45, 7) is 8.52. The van der Waals surface area contributed by atoms with Crippen LogP contribution in [0, 0.1) is 0 Å². The van der Waals surface area contributed by atoms with Crippen molar-refractivity contribution in [3.63, 3.8) is 0 Å². The molecule has 0 saturated carbocycles. The first kappa shape index (κ1) is 29.6. The van der Waals surface area contributed by atoms with E-state index in [4.69, 9.17) is 37.4 Å². The maximum atomic E-state index is 12.7. The van der Waals surface area contributed by atoms with Crippen LogP contribution in [0.15, 0.2) is 77.9 Å². The molecule has 0 aliphatic carbocycles. The van der Waals surface area contributed by atoms with Crippen molar-refractivity contribution in [2.75, 3.05) is 49.2 Å². The minimum Gasteiger partial charge on any atom is -0.491 e. The second-order valence-electron chi connectivity index (χ2n) is 10.9. The first-order chi connectivity index (χ1) is 20.9. The van der Waals surface area contributed by atoms with Gasteiger partial charge in [-0.1, -0.05) is 36.2 Å². The highest BCUT2D eigenvalue weighted by atomic mass is 35.5. The van der Waals surface area contributed by atoms with Crippen molar-refractivity contribution >= 4 is 34.6 Å². The van der Waals surface area contributed by atoms with Crippen LogP contribution in [0.4, 0.5) is 11.4 Å². The minimum atomic E-state index is -0.480. The zero-order chi connectivity index (χ0) is 29.9. The van der Waals surface area contributed by atoms with Gasteiger partial charge in [0.1, 0.15) is 24.8 Å². The van der Waals surface area contributed by atoms with Gasteiger partial charge < -0.3 is 24.0 Å². The maximum Gasteiger partial charge on any atom is 0.350 e. The second kappa shape index (κ2) is 13.0. The van der Waals surface area contributed by atoms with Gasteiger partial charge in [-0.15, -0.1) is 0 Å². The van der Waals surface area contributed by atoms with Crippen LogP contribution in [0.2, 0.25) is 10.0 Å². The lowest BCUT2D eigenvalue weighted by molar-refractivity contribution is -0.0659. The molecule has 11 heteroatoms. The summed E-state index contributed by atoms with van der Waals surface area (Å²) in [5.41, 5.74) is 3.86. The number of ether oxygens (including phenoxy) is 3. The fourth-order valence-corrected chi connectivity index (χ4v) is 5.63. The number of halogens is 2. The van der Waals surface area contributed by atoms with Gasteiger partial charge in [0.15, 0.2) is 6.29 Å². The van der Waals surface area contributed by atoms with E-state index in [1.807, 2.05) is 44.2 Å². The quantitative estimate of drug-likeness (QED) is 0.222. The van der Waals surface area contributed by atoms with E-state index in [0.717, 1.165) is 55.3 Å². The molecule has 3 aromatic carbocycles. The maximum absolute atomic E-state index is 12.7. The zero-order valence-corrected chi connectivity index (χ0v) is 25.7. The van der Waals surface area contributed by atoms with E-state index in [0.29, 0.717) is 23.3 Å². The number of hydrogen-bond donors (Lipinski definition) is 0. The Balaban J connectivity index is 0.978. The largest absolute Gasteiger partial charge is 0.491 e. The van der Waals surface area contributed by atoms with E-state index in [9.17, 15) is 4.79 Å². The summed E-state index contributed by atoms with van der Waals surface area (Å²) >= 11 is 12.1. The lowest BCUT2D eigenvalue weighted by atomic mass is 10.2. The molecule has 0 N–H and O–H groups in total. The Morgan fingerprint density at radius 2 is 1.53 bits per heavy atom. The van der Waals surface area contributed by atoms with Crippen LogP contribution in [-0.2, 0) is 9.47 Å². The van der Waals surface area contributed by atoms with Crippen LogP contribution in [0.1, 0.15) is 38.2 Å². The Kier molecular flexibility index (Phi) is 8.95. The molecule has 43 heavy (non-hydrogen) atoms. The highest BCUT2D eigenvalue weighted by Crippen LogP contribution is 2.32. The number of piperazine rings is 1. The minimum absolute atomic E-state index is 0.0740. The Morgan fingerprint density at radius 1 is 0.907 bits per heavy atom. The van der Waals surface area contributed by atoms with Crippen LogP contribution >= 0.6 is 23.2 Å². The van der Waals surface area contributed by atoms with Crippen molar-refractivity contribution in [1.29, 1.82) is 0 Å². The lowest BCUT2D eigenvalue weighted by Crippen LogP contribution is -2.46. The molecule has 2 aliphatic rings. The highest BCUT2D eigenvalue weighted by Gasteiger charge is 2.28. The van der Waals surface area contributed by atoms with E-state index in [1.54, 1.807) is 27.7 Å². The highest BCUT2D eigenvalue weighted by molar-refractivity contribution is 6.42. The van der Waals surface area contributed by atoms with Crippen molar-refractivity contribution in [2.24, 2.45) is 0 Å². The number of aromatic nitrogens is 3. The molecule has 3 heterocycles. The van der Waals surface area contributed by atoms with Gasteiger partial charge in [-0.3, -0.25) is 0 Å². The van der Waals surface area contributed by atoms with Crippen molar-refractivity contribution in [2.45, 2.75) is 38.7 Å². The van der Waals surface area contributed by atoms with E-state index in [2.05, 4.69) is 39.2 Å². The summed E-state index contributed by atoms with van der Waals surface area (Å²) in [4.78, 5) is 17.5. The molecule has 2 saturated heterocycles. The van der Waals surface area contributed by atoms with Gasteiger partial charge in [-0.05, 0) is 74.0 Å². The number of hydrogen-bond acceptors (Lipinski definition) is 7. The predicted octanol–water partition coefficient (Wildman–Crippen LogP) is 6.13. The molecule has 4 aromatic rings. The van der Waals surface area contributed by atoms with Crippen LogP contribution < -0.4 is 20.2 Å². The molecule has 0 bridgehead atoms. The zero-order valence-electron chi connectivity index (χ0n) is 24.2. The normalized spacial score (nSPS) is 19.5. The standard InChI is InChI=1S/C32H35Cl2N5O4/c1-3-22(2)39-32(40)38(21-35-39)26-7-5-24(6-8-26)36-14-16-37(17-15-36)25-9-11-27(12-10-25)41-19-28-20-42-31(43-28)23-4-13-29(33)30(34)18-23/h4-13,18,21-22,28,31H,3,14-17,19-20H2,1-2H3/t22?,28-,31-/m1/s1. The first-order valence-electron chi connectivity index (χ1n) is 14.6. The topological polar surface area (TPSA) is 74.0 Å². The fraction of sp³-hybridized carbons (Fsp3) is 0.375. The van der Waals surface area contributed by atoms with Gasteiger partial charge in [0, 0.05) is 43.1 Å². The van der Waals surface area contributed by atoms with Gasteiger partial charge >= 0.3 is 5.69 Å². The molecule has 0 radical (unpaired) electrons. The van der Waals surface area contributed by atoms with E-state index < -0.39 is 6.29 Å². The summed E-state index contributed by atoms with van der Waals surface area (Å²) in [6, 6.07) is 21.8. The van der Waals surface area contributed by atoms with Crippen LogP contribution in [0.25, 0.3) is 5.69 Å². The van der Waals surface area contributed by atoms with Crippen molar-refractivity contribution in [3.05, 3.63) is 99.2 Å². The number of benzene rings is 3. The van der Waals surface area contributed by atoms with E-state index >= 15 is 0 Å². The van der Waals surface area contributed by atoms with Crippen molar-refractivity contribution in [3.8, 4) is 11.4 Å². The first-order valence-corrected chi connectivity index (χ1v) is 15.4.